The molecule has 1 amide bonds. The Bertz CT molecular complexity index is 812. The molecule has 0 unspecified atom stereocenters. The van der Waals surface area contributed by atoms with Gasteiger partial charge in [0.25, 0.3) is 5.91 Å². The zero-order valence-corrected chi connectivity index (χ0v) is 13.2. The molecule has 0 radical (unpaired) electrons. The third-order valence-electron chi connectivity index (χ3n) is 3.19. The van der Waals surface area contributed by atoms with E-state index in [4.69, 9.17) is 4.74 Å². The second-order valence-corrected chi connectivity index (χ2v) is 6.13. The number of hydrogen-bond acceptors (Lipinski definition) is 4. The first kappa shape index (κ1) is 14.5. The molecule has 1 N–H and O–H groups in total. The number of para-hydroxylation sites is 1. The number of aromatic nitrogens is 1. The number of thiazole rings is 1. The van der Waals surface area contributed by atoms with Crippen molar-refractivity contribution in [3.63, 3.8) is 0 Å². The molecule has 22 heavy (non-hydrogen) atoms. The third kappa shape index (κ3) is 3.26. The van der Waals surface area contributed by atoms with Gasteiger partial charge >= 0.3 is 0 Å². The number of nitrogens with zero attached hydrogens (tertiary/aromatic N) is 1. The zero-order valence-electron chi connectivity index (χ0n) is 12.4. The maximum atomic E-state index is 11.9. The van der Waals surface area contributed by atoms with Gasteiger partial charge in [-0.25, -0.2) is 4.98 Å². The summed E-state index contributed by atoms with van der Waals surface area (Å²) in [6.07, 6.45) is 0. The molecule has 1 aromatic heterocycles. The van der Waals surface area contributed by atoms with Gasteiger partial charge in [0.1, 0.15) is 5.75 Å². The molecule has 0 aliphatic rings. The van der Waals surface area contributed by atoms with Crippen LogP contribution in [-0.4, -0.2) is 17.5 Å². The number of rotatable bonds is 4. The molecule has 4 nitrogen and oxygen atoms in total. The van der Waals surface area contributed by atoms with Crippen molar-refractivity contribution < 1.29 is 9.53 Å². The van der Waals surface area contributed by atoms with Crippen LogP contribution < -0.4 is 10.1 Å². The molecule has 2 aromatic carbocycles. The predicted octanol–water partition coefficient (Wildman–Crippen LogP) is 3.93. The lowest BCUT2D eigenvalue weighted by atomic mass is 10.1. The Morgan fingerprint density at radius 1 is 1.23 bits per heavy atom. The van der Waals surface area contributed by atoms with Crippen LogP contribution in [0.25, 0.3) is 10.2 Å². The van der Waals surface area contributed by atoms with Crippen LogP contribution in [0.3, 0.4) is 0 Å². The highest BCUT2D eigenvalue weighted by Crippen LogP contribution is 2.29. The van der Waals surface area contributed by atoms with Crippen molar-refractivity contribution in [3.8, 4) is 5.75 Å². The first-order valence-electron chi connectivity index (χ1n) is 6.97. The summed E-state index contributed by atoms with van der Waals surface area (Å²) in [6.45, 7) is 4.05. The number of nitrogens with one attached hydrogen (secondary N) is 1. The van der Waals surface area contributed by atoms with Crippen molar-refractivity contribution >= 4 is 32.6 Å². The first-order valence-corrected chi connectivity index (χ1v) is 7.79. The summed E-state index contributed by atoms with van der Waals surface area (Å²) >= 11 is 1.48. The van der Waals surface area contributed by atoms with Gasteiger partial charge in [0.2, 0.25) is 0 Å². The highest BCUT2D eigenvalue weighted by atomic mass is 32.1. The second kappa shape index (κ2) is 6.15. The average Bonchev–Trinajstić information content (AvgIpc) is 2.89. The quantitative estimate of drug-likeness (QED) is 0.794. The van der Waals surface area contributed by atoms with Gasteiger partial charge in [-0.05, 0) is 43.2 Å². The molecule has 0 saturated carbocycles. The van der Waals surface area contributed by atoms with Crippen molar-refractivity contribution in [1.82, 2.24) is 4.98 Å². The van der Waals surface area contributed by atoms with Gasteiger partial charge in [0.05, 0.1) is 10.2 Å². The van der Waals surface area contributed by atoms with Crippen molar-refractivity contribution in [2.24, 2.45) is 0 Å². The van der Waals surface area contributed by atoms with Gasteiger partial charge in [-0.2, -0.15) is 0 Å². The van der Waals surface area contributed by atoms with Crippen molar-refractivity contribution in [2.75, 3.05) is 11.9 Å². The number of anilines is 1. The SMILES string of the molecule is Cc1cc(C)c2nc(NC(=O)COc3ccccc3)sc2c1. The van der Waals surface area contributed by atoms with E-state index in [0.29, 0.717) is 10.9 Å². The molecular formula is C17H16N2O2S. The molecule has 3 aromatic rings. The van der Waals surface area contributed by atoms with Gasteiger partial charge in [-0.3, -0.25) is 10.1 Å². The Labute approximate surface area is 132 Å². The number of benzene rings is 2. The highest BCUT2D eigenvalue weighted by Gasteiger charge is 2.10. The van der Waals surface area contributed by atoms with Crippen LogP contribution in [0.2, 0.25) is 0 Å². The number of hydrogen-bond donors (Lipinski definition) is 1. The van der Waals surface area contributed by atoms with E-state index in [-0.39, 0.29) is 12.5 Å². The van der Waals surface area contributed by atoms with E-state index < -0.39 is 0 Å². The van der Waals surface area contributed by atoms with E-state index in [0.717, 1.165) is 15.8 Å². The molecule has 0 aliphatic carbocycles. The number of carbonyl (C=O) groups excluding carboxylic acids is 1. The Morgan fingerprint density at radius 2 is 2.00 bits per heavy atom. The van der Waals surface area contributed by atoms with E-state index in [2.05, 4.69) is 29.4 Å². The van der Waals surface area contributed by atoms with Crippen LogP contribution in [0.5, 0.6) is 5.75 Å². The molecule has 0 bridgehead atoms. The smallest absolute Gasteiger partial charge is 0.264 e. The van der Waals surface area contributed by atoms with Crippen molar-refractivity contribution in [3.05, 3.63) is 53.6 Å². The van der Waals surface area contributed by atoms with Crippen LogP contribution in [0.4, 0.5) is 5.13 Å². The summed E-state index contributed by atoms with van der Waals surface area (Å²) in [5, 5.41) is 3.39. The van der Waals surface area contributed by atoms with E-state index in [1.54, 1.807) is 0 Å². The topological polar surface area (TPSA) is 51.2 Å². The van der Waals surface area contributed by atoms with Crippen LogP contribution >= 0.6 is 11.3 Å². The maximum Gasteiger partial charge on any atom is 0.264 e. The van der Waals surface area contributed by atoms with E-state index in [9.17, 15) is 4.79 Å². The molecule has 112 valence electrons. The summed E-state index contributed by atoms with van der Waals surface area (Å²) in [6, 6.07) is 13.4. The summed E-state index contributed by atoms with van der Waals surface area (Å²) in [5.74, 6) is 0.464. The Morgan fingerprint density at radius 3 is 2.77 bits per heavy atom. The van der Waals surface area contributed by atoms with Crippen LogP contribution in [-0.2, 0) is 4.79 Å². The summed E-state index contributed by atoms with van der Waals surface area (Å²) in [5.41, 5.74) is 3.25. The van der Waals surface area contributed by atoms with Crippen LogP contribution in [0, 0.1) is 13.8 Å². The molecule has 3 rings (SSSR count). The maximum absolute atomic E-state index is 11.9. The van der Waals surface area contributed by atoms with E-state index in [1.807, 2.05) is 37.3 Å². The first-order chi connectivity index (χ1) is 10.6. The molecular weight excluding hydrogens is 296 g/mol. The van der Waals surface area contributed by atoms with Gasteiger partial charge in [-0.1, -0.05) is 35.6 Å². The molecule has 0 saturated heterocycles. The largest absolute Gasteiger partial charge is 0.484 e. The minimum absolute atomic E-state index is 0.0298. The normalized spacial score (nSPS) is 10.6. The lowest BCUT2D eigenvalue weighted by Crippen LogP contribution is -2.19. The fourth-order valence-electron chi connectivity index (χ4n) is 2.25. The van der Waals surface area contributed by atoms with Gasteiger partial charge in [0.15, 0.2) is 11.7 Å². The second-order valence-electron chi connectivity index (χ2n) is 5.10. The third-order valence-corrected chi connectivity index (χ3v) is 4.11. The zero-order chi connectivity index (χ0) is 15.5. The number of amides is 1. The molecule has 0 aliphatic heterocycles. The summed E-state index contributed by atoms with van der Waals surface area (Å²) < 4.78 is 6.50. The molecule has 1 heterocycles. The fourth-order valence-corrected chi connectivity index (χ4v) is 3.30. The van der Waals surface area contributed by atoms with Gasteiger partial charge < -0.3 is 4.74 Å². The lowest BCUT2D eigenvalue weighted by Gasteiger charge is -2.04. The van der Waals surface area contributed by atoms with E-state index >= 15 is 0 Å². The number of ether oxygens (including phenoxy) is 1. The molecule has 5 heteroatoms. The molecule has 0 spiro atoms. The minimum atomic E-state index is -0.211. The molecule has 0 fully saturated rings. The molecule has 0 atom stereocenters. The summed E-state index contributed by atoms with van der Waals surface area (Å²) in [4.78, 5) is 16.4. The number of aryl methyl sites for hydroxylation is 2. The van der Waals surface area contributed by atoms with Crippen LogP contribution in [0.15, 0.2) is 42.5 Å². The Balaban J connectivity index is 1.68. The van der Waals surface area contributed by atoms with Crippen molar-refractivity contribution in [2.45, 2.75) is 13.8 Å². The predicted molar refractivity (Wildman–Crippen MR) is 89.7 cm³/mol. The monoisotopic (exact) mass is 312 g/mol. The lowest BCUT2D eigenvalue weighted by molar-refractivity contribution is -0.118. The standard InChI is InChI=1S/C17H16N2O2S/c1-11-8-12(2)16-14(9-11)22-17(19-16)18-15(20)10-21-13-6-4-3-5-7-13/h3-9H,10H2,1-2H3,(H,18,19,20). The number of fused-ring (bicyclic) bond motifs is 1. The minimum Gasteiger partial charge on any atom is -0.484 e. The van der Waals surface area contributed by atoms with Crippen molar-refractivity contribution in [1.29, 1.82) is 0 Å². The summed E-state index contributed by atoms with van der Waals surface area (Å²) in [7, 11) is 0. The fraction of sp³-hybridized carbons (Fsp3) is 0.176. The number of carbonyl (C=O) groups is 1. The average molecular weight is 312 g/mol. The van der Waals surface area contributed by atoms with Crippen LogP contribution in [0.1, 0.15) is 11.1 Å². The van der Waals surface area contributed by atoms with Gasteiger partial charge in [-0.15, -0.1) is 0 Å². The Kier molecular flexibility index (Phi) is 4.06. The Hall–Kier alpha value is -2.40. The van der Waals surface area contributed by atoms with E-state index in [1.165, 1.54) is 16.9 Å². The highest BCUT2D eigenvalue weighted by molar-refractivity contribution is 7.22. The van der Waals surface area contributed by atoms with Gasteiger partial charge in [0, 0.05) is 0 Å².